The van der Waals surface area contributed by atoms with Crippen LogP contribution in [0.1, 0.15) is 11.4 Å². The Kier molecular flexibility index (Phi) is 1.69. The molecular weight excluding hydrogens is 166 g/mol. The lowest BCUT2D eigenvalue weighted by atomic mass is 10.4. The summed E-state index contributed by atoms with van der Waals surface area (Å²) in [6.07, 6.45) is 3.54. The number of hydrogen-bond acceptors (Lipinski definition) is 4. The summed E-state index contributed by atoms with van der Waals surface area (Å²) in [6.45, 7) is 0.380. The van der Waals surface area contributed by atoms with Crippen LogP contribution in [0.25, 0.3) is 5.78 Å². The van der Waals surface area contributed by atoms with Crippen molar-refractivity contribution < 1.29 is 0 Å². The zero-order chi connectivity index (χ0) is 9.26. The van der Waals surface area contributed by atoms with Crippen LogP contribution in [0.2, 0.25) is 0 Å². The fourth-order valence-electron chi connectivity index (χ4n) is 1.08. The second kappa shape index (κ2) is 2.84. The van der Waals surface area contributed by atoms with E-state index in [-0.39, 0.29) is 0 Å². The Morgan fingerprint density at radius 2 is 2.38 bits per heavy atom. The minimum atomic E-state index is 0.363. The van der Waals surface area contributed by atoms with Gasteiger partial charge in [0.15, 0.2) is 0 Å². The van der Waals surface area contributed by atoms with Crippen molar-refractivity contribution in [3.8, 4) is 6.07 Å². The summed E-state index contributed by atoms with van der Waals surface area (Å²) >= 11 is 0. The van der Waals surface area contributed by atoms with Crippen LogP contribution in [0.4, 0.5) is 0 Å². The first-order valence-electron chi connectivity index (χ1n) is 3.78. The summed E-state index contributed by atoms with van der Waals surface area (Å²) in [7, 11) is 0. The Bertz CT molecular complexity index is 479. The monoisotopic (exact) mass is 173 g/mol. The van der Waals surface area contributed by atoms with Gasteiger partial charge in [-0.05, 0) is 6.07 Å². The van der Waals surface area contributed by atoms with Crippen LogP contribution in [-0.4, -0.2) is 14.4 Å². The summed E-state index contributed by atoms with van der Waals surface area (Å²) in [6, 6.07) is 3.58. The number of hydrogen-bond donors (Lipinski definition) is 1. The summed E-state index contributed by atoms with van der Waals surface area (Å²) in [5.74, 6) is 0.513. The van der Waals surface area contributed by atoms with Gasteiger partial charge in [0.1, 0.15) is 11.8 Å². The molecular formula is C8H7N5. The fourth-order valence-corrected chi connectivity index (χ4v) is 1.08. The maximum absolute atomic E-state index is 8.59. The van der Waals surface area contributed by atoms with Crippen molar-refractivity contribution >= 4 is 5.78 Å². The molecule has 0 aliphatic heterocycles. The molecule has 0 aromatic carbocycles. The lowest BCUT2D eigenvalue weighted by molar-refractivity contribution is 1.01. The van der Waals surface area contributed by atoms with Gasteiger partial charge in [-0.1, -0.05) is 0 Å². The van der Waals surface area contributed by atoms with Gasteiger partial charge in [0.05, 0.1) is 5.69 Å². The standard InChI is InChI=1S/C8H7N5/c9-3-6-1-2-13-5-7(4-10)12-8(13)11-6/h1-2,5H,4,10H2. The molecule has 64 valence electrons. The lowest BCUT2D eigenvalue weighted by Gasteiger charge is -1.89. The minimum absolute atomic E-state index is 0.363. The van der Waals surface area contributed by atoms with Gasteiger partial charge in [-0.3, -0.25) is 4.40 Å². The second-order valence-electron chi connectivity index (χ2n) is 2.57. The molecule has 0 aliphatic carbocycles. The van der Waals surface area contributed by atoms with E-state index in [1.54, 1.807) is 22.9 Å². The molecule has 0 unspecified atom stereocenters. The predicted octanol–water partition coefficient (Wildman–Crippen LogP) is 0.0597. The average Bonchev–Trinajstić information content (AvgIpc) is 2.58. The van der Waals surface area contributed by atoms with Gasteiger partial charge in [-0.15, -0.1) is 0 Å². The third kappa shape index (κ3) is 1.23. The quantitative estimate of drug-likeness (QED) is 0.661. The molecule has 0 saturated carbocycles. The molecule has 2 rings (SSSR count). The van der Waals surface area contributed by atoms with Gasteiger partial charge in [0.2, 0.25) is 5.78 Å². The number of nitrogens with two attached hydrogens (primary N) is 1. The molecule has 0 spiro atoms. The topological polar surface area (TPSA) is 80.0 Å². The van der Waals surface area contributed by atoms with Crippen LogP contribution in [0.5, 0.6) is 0 Å². The third-order valence-electron chi connectivity index (χ3n) is 1.70. The summed E-state index contributed by atoms with van der Waals surface area (Å²) in [5.41, 5.74) is 6.54. The molecule has 0 atom stereocenters. The molecule has 5 heteroatoms. The van der Waals surface area contributed by atoms with Gasteiger partial charge in [-0.2, -0.15) is 5.26 Å². The van der Waals surface area contributed by atoms with Crippen LogP contribution in [0, 0.1) is 11.3 Å². The lowest BCUT2D eigenvalue weighted by Crippen LogP contribution is -1.95. The fraction of sp³-hybridized carbons (Fsp3) is 0.125. The summed E-state index contributed by atoms with van der Waals surface area (Å²) in [4.78, 5) is 8.11. The Balaban J connectivity index is 2.65. The Labute approximate surface area is 74.5 Å². The molecule has 2 aromatic rings. The van der Waals surface area contributed by atoms with Gasteiger partial charge < -0.3 is 5.73 Å². The van der Waals surface area contributed by atoms with Crippen LogP contribution in [0.15, 0.2) is 18.5 Å². The highest BCUT2D eigenvalue weighted by Gasteiger charge is 2.01. The van der Waals surface area contributed by atoms with Crippen LogP contribution in [-0.2, 0) is 6.54 Å². The number of fused-ring (bicyclic) bond motifs is 1. The van der Waals surface area contributed by atoms with Crippen LogP contribution < -0.4 is 5.73 Å². The number of aromatic nitrogens is 3. The van der Waals surface area contributed by atoms with E-state index in [0.717, 1.165) is 5.69 Å². The minimum Gasteiger partial charge on any atom is -0.325 e. The van der Waals surface area contributed by atoms with Crippen molar-refractivity contribution in [2.45, 2.75) is 6.54 Å². The van der Waals surface area contributed by atoms with E-state index < -0.39 is 0 Å². The maximum atomic E-state index is 8.59. The number of nitrogens with zero attached hydrogens (tertiary/aromatic N) is 4. The molecule has 0 saturated heterocycles. The Morgan fingerprint density at radius 1 is 1.54 bits per heavy atom. The van der Waals surface area contributed by atoms with Gasteiger partial charge >= 0.3 is 0 Å². The predicted molar refractivity (Wildman–Crippen MR) is 45.6 cm³/mol. The number of imidazole rings is 1. The highest BCUT2D eigenvalue weighted by molar-refractivity contribution is 5.35. The van der Waals surface area contributed by atoms with Crippen molar-refractivity contribution in [1.29, 1.82) is 5.26 Å². The molecule has 0 aliphatic rings. The molecule has 5 nitrogen and oxygen atoms in total. The van der Waals surface area contributed by atoms with Crippen molar-refractivity contribution in [3.63, 3.8) is 0 Å². The van der Waals surface area contributed by atoms with Gasteiger partial charge in [0, 0.05) is 18.9 Å². The molecule has 2 heterocycles. The van der Waals surface area contributed by atoms with E-state index in [0.29, 0.717) is 18.0 Å². The van der Waals surface area contributed by atoms with Crippen molar-refractivity contribution in [2.24, 2.45) is 5.73 Å². The number of rotatable bonds is 1. The van der Waals surface area contributed by atoms with E-state index >= 15 is 0 Å². The molecule has 2 aromatic heterocycles. The van der Waals surface area contributed by atoms with E-state index in [1.807, 2.05) is 6.07 Å². The highest BCUT2D eigenvalue weighted by Crippen LogP contribution is 2.02. The van der Waals surface area contributed by atoms with Crippen molar-refractivity contribution in [1.82, 2.24) is 14.4 Å². The smallest absolute Gasteiger partial charge is 0.235 e. The zero-order valence-corrected chi connectivity index (χ0v) is 6.81. The average molecular weight is 173 g/mol. The first-order valence-corrected chi connectivity index (χ1v) is 3.78. The number of nitriles is 1. The van der Waals surface area contributed by atoms with Crippen molar-refractivity contribution in [3.05, 3.63) is 29.8 Å². The summed E-state index contributed by atoms with van der Waals surface area (Å²) in [5, 5.41) is 8.59. The first-order chi connectivity index (χ1) is 6.33. The van der Waals surface area contributed by atoms with E-state index in [4.69, 9.17) is 11.0 Å². The third-order valence-corrected chi connectivity index (χ3v) is 1.70. The maximum Gasteiger partial charge on any atom is 0.235 e. The van der Waals surface area contributed by atoms with Gasteiger partial charge in [-0.25, -0.2) is 9.97 Å². The van der Waals surface area contributed by atoms with Crippen LogP contribution in [0.3, 0.4) is 0 Å². The first kappa shape index (κ1) is 7.71. The normalized spacial score (nSPS) is 10.2. The summed E-state index contributed by atoms with van der Waals surface area (Å²) < 4.78 is 1.74. The molecule has 0 fully saturated rings. The van der Waals surface area contributed by atoms with E-state index in [1.165, 1.54) is 0 Å². The molecule has 0 amide bonds. The zero-order valence-electron chi connectivity index (χ0n) is 6.81. The Morgan fingerprint density at radius 3 is 3.08 bits per heavy atom. The van der Waals surface area contributed by atoms with Gasteiger partial charge in [0.25, 0.3) is 0 Å². The molecule has 0 bridgehead atoms. The molecule has 2 N–H and O–H groups in total. The van der Waals surface area contributed by atoms with E-state index in [2.05, 4.69) is 9.97 Å². The largest absolute Gasteiger partial charge is 0.325 e. The Hall–Kier alpha value is -1.93. The second-order valence-corrected chi connectivity index (χ2v) is 2.57. The van der Waals surface area contributed by atoms with E-state index in [9.17, 15) is 0 Å². The molecule has 13 heavy (non-hydrogen) atoms. The SMILES string of the molecule is N#Cc1ccn2cc(CN)nc2n1. The van der Waals surface area contributed by atoms with Crippen molar-refractivity contribution in [2.75, 3.05) is 0 Å². The highest BCUT2D eigenvalue weighted by atomic mass is 15.1. The van der Waals surface area contributed by atoms with Crippen LogP contribution >= 0.6 is 0 Å². The molecule has 0 radical (unpaired) electrons.